The van der Waals surface area contributed by atoms with Crippen LogP contribution in [0.3, 0.4) is 0 Å². The molecule has 0 heterocycles. The van der Waals surface area contributed by atoms with E-state index in [1.54, 1.807) is 0 Å². The second-order valence-electron chi connectivity index (χ2n) is 0.0630. The molecule has 0 aliphatic carbocycles. The first-order valence-corrected chi connectivity index (χ1v) is 1.27. The summed E-state index contributed by atoms with van der Waals surface area (Å²) in [4.78, 5) is 0. The molecule has 0 aliphatic heterocycles. The summed E-state index contributed by atoms with van der Waals surface area (Å²) in [6.45, 7) is 0. The van der Waals surface area contributed by atoms with Crippen LogP contribution >= 0.6 is 0 Å². The molecule has 4 heteroatoms. The van der Waals surface area contributed by atoms with Crippen molar-refractivity contribution >= 4 is 27.3 Å². The molecule has 0 unspecified atom stereocenters. The molecule has 0 fully saturated rings. The van der Waals surface area contributed by atoms with Crippen molar-refractivity contribution in [2.24, 2.45) is 0 Å². The van der Waals surface area contributed by atoms with Crippen LogP contribution in [0.2, 0.25) is 0 Å². The third kappa shape index (κ3) is 11.7. The summed E-state index contributed by atoms with van der Waals surface area (Å²) in [7, 11) is 0. The Morgan fingerprint density at radius 1 is 1.25 bits per heavy atom. The molecule has 0 bridgehead atoms. The Morgan fingerprint density at radius 2 is 1.25 bits per heavy atom. The van der Waals surface area contributed by atoms with E-state index in [0.717, 1.165) is 0 Å². The standard InChI is InChI=1S/Mn.2O.Pb.2H. The topological polar surface area (TPSA) is 34.1 Å². The maximum absolute atomic E-state index is 8.41. The van der Waals surface area contributed by atoms with Gasteiger partial charge in [0, 0.05) is 0 Å². The zero-order chi connectivity index (χ0) is 2.71. The van der Waals surface area contributed by atoms with Gasteiger partial charge in [-0.3, -0.25) is 0 Å². The fraction of sp³-hybridized carbons (Fsp3) is 0. The Hall–Kier alpha value is 1.04. The first-order valence-electron chi connectivity index (χ1n) is 0.309. The first kappa shape index (κ1) is 8.90. The molecular formula is H2MnO2Pb. The van der Waals surface area contributed by atoms with Gasteiger partial charge in [0.05, 0.1) is 0 Å². The Bertz CT molecular complexity index is 27.0. The Kier molecular flexibility index (Phi) is 20.0. The normalized spacial score (nSPS) is 3.00. The molecule has 25 valence electrons. The molecule has 0 atom stereocenters. The molecular weight excluding hydrogens is 294 g/mol. The average molecular weight is 296 g/mol. The minimum atomic E-state index is -1.44. The van der Waals surface area contributed by atoms with Gasteiger partial charge in [-0.25, -0.2) is 0 Å². The van der Waals surface area contributed by atoms with Gasteiger partial charge in [0.1, 0.15) is 0 Å². The van der Waals surface area contributed by atoms with E-state index < -0.39 is 14.8 Å². The third-order valence-corrected chi connectivity index (χ3v) is 0. The Labute approximate surface area is 49.7 Å². The summed E-state index contributed by atoms with van der Waals surface area (Å²) < 4.78 is 16.8. The molecule has 0 amide bonds. The summed E-state index contributed by atoms with van der Waals surface area (Å²) in [5.41, 5.74) is 0. The van der Waals surface area contributed by atoms with Gasteiger partial charge in [-0.05, 0) is 0 Å². The van der Waals surface area contributed by atoms with Crippen LogP contribution in [-0.4, -0.2) is 27.3 Å². The van der Waals surface area contributed by atoms with Gasteiger partial charge in [0.15, 0.2) is 0 Å². The van der Waals surface area contributed by atoms with Gasteiger partial charge >= 0.3 is 49.8 Å². The Balaban J connectivity index is 0. The fourth-order valence-corrected chi connectivity index (χ4v) is 0. The average Bonchev–Trinajstić information content (AvgIpc) is 0.918. The second kappa shape index (κ2) is 8.97. The third-order valence-electron chi connectivity index (χ3n) is 0. The minimum absolute atomic E-state index is 0. The van der Waals surface area contributed by atoms with Crippen molar-refractivity contribution in [3.63, 3.8) is 0 Å². The summed E-state index contributed by atoms with van der Waals surface area (Å²) in [6.07, 6.45) is 0. The molecule has 2 nitrogen and oxygen atoms in total. The van der Waals surface area contributed by atoms with Gasteiger partial charge in [-0.1, -0.05) is 0 Å². The van der Waals surface area contributed by atoms with E-state index in [4.69, 9.17) is 7.67 Å². The van der Waals surface area contributed by atoms with E-state index >= 15 is 0 Å². The fourth-order valence-electron chi connectivity index (χ4n) is 0. The summed E-state index contributed by atoms with van der Waals surface area (Å²) in [5, 5.41) is 0. The summed E-state index contributed by atoms with van der Waals surface area (Å²) in [6, 6.07) is 0. The molecule has 0 N–H and O–H groups in total. The van der Waals surface area contributed by atoms with Gasteiger partial charge in [0.2, 0.25) is 0 Å². The van der Waals surface area contributed by atoms with E-state index in [-0.39, 0.29) is 27.3 Å². The molecule has 0 saturated carbocycles. The van der Waals surface area contributed by atoms with E-state index in [1.165, 1.54) is 0 Å². The van der Waals surface area contributed by atoms with Crippen LogP contribution in [0.15, 0.2) is 0 Å². The van der Waals surface area contributed by atoms with Crippen LogP contribution in [0.1, 0.15) is 0 Å². The number of hydrogen-bond acceptors (Lipinski definition) is 2. The van der Waals surface area contributed by atoms with Crippen molar-refractivity contribution in [3.05, 3.63) is 0 Å². The van der Waals surface area contributed by atoms with Crippen molar-refractivity contribution in [1.29, 1.82) is 0 Å². The van der Waals surface area contributed by atoms with Gasteiger partial charge < -0.3 is 0 Å². The monoisotopic (exact) mass is 297 g/mol. The van der Waals surface area contributed by atoms with E-state index in [9.17, 15) is 0 Å². The summed E-state index contributed by atoms with van der Waals surface area (Å²) in [5.74, 6) is 0. The molecule has 0 aromatic heterocycles. The van der Waals surface area contributed by atoms with Crippen molar-refractivity contribution in [3.8, 4) is 0 Å². The molecule has 4 heavy (non-hydrogen) atoms. The molecule has 0 rings (SSSR count). The van der Waals surface area contributed by atoms with Gasteiger partial charge in [-0.2, -0.15) is 0 Å². The predicted octanol–water partition coefficient (Wildman–Crippen LogP) is -1.16. The number of hydrogen-bond donors (Lipinski definition) is 0. The van der Waals surface area contributed by atoms with Gasteiger partial charge in [0.25, 0.3) is 0 Å². The van der Waals surface area contributed by atoms with Crippen LogP contribution in [0.25, 0.3) is 0 Å². The predicted molar refractivity (Wildman–Crippen MR) is 9.92 cm³/mol. The van der Waals surface area contributed by atoms with Crippen molar-refractivity contribution in [2.75, 3.05) is 0 Å². The van der Waals surface area contributed by atoms with E-state index in [2.05, 4.69) is 0 Å². The zero-order valence-electron chi connectivity index (χ0n) is 1.90. The van der Waals surface area contributed by atoms with Crippen LogP contribution in [0, 0.1) is 0 Å². The SMILES string of the molecule is [O]=[Mn]=[O].[PbH2]. The van der Waals surface area contributed by atoms with Crippen LogP contribution in [0.4, 0.5) is 0 Å². The second-order valence-corrected chi connectivity index (χ2v) is 0.260. The first-order chi connectivity index (χ1) is 1.41. The van der Waals surface area contributed by atoms with Crippen LogP contribution < -0.4 is 0 Å². The molecule has 0 aromatic carbocycles. The van der Waals surface area contributed by atoms with Gasteiger partial charge in [-0.15, -0.1) is 0 Å². The molecule has 0 spiro atoms. The van der Waals surface area contributed by atoms with Crippen molar-refractivity contribution < 1.29 is 22.5 Å². The molecule has 0 saturated heterocycles. The molecule has 0 aromatic rings. The van der Waals surface area contributed by atoms with E-state index in [1.807, 2.05) is 0 Å². The quantitative estimate of drug-likeness (QED) is 0.529. The van der Waals surface area contributed by atoms with Crippen molar-refractivity contribution in [1.82, 2.24) is 0 Å². The van der Waals surface area contributed by atoms with Crippen molar-refractivity contribution in [2.45, 2.75) is 0 Å². The molecule has 2 radical (unpaired) electrons. The summed E-state index contributed by atoms with van der Waals surface area (Å²) >= 11 is -1.44. The van der Waals surface area contributed by atoms with E-state index in [0.29, 0.717) is 0 Å². The number of rotatable bonds is 0. The van der Waals surface area contributed by atoms with Crippen LogP contribution in [-0.2, 0) is 22.5 Å². The van der Waals surface area contributed by atoms with Crippen LogP contribution in [0.5, 0.6) is 0 Å². The zero-order valence-corrected chi connectivity index (χ0v) is 8.58. The molecule has 0 aliphatic rings. The Morgan fingerprint density at radius 3 is 1.25 bits per heavy atom. The maximum atomic E-state index is 8.41.